The van der Waals surface area contributed by atoms with Crippen LogP contribution in [0.4, 0.5) is 8.78 Å². The predicted molar refractivity (Wildman–Crippen MR) is 69.0 cm³/mol. The van der Waals surface area contributed by atoms with Crippen molar-refractivity contribution in [1.29, 1.82) is 0 Å². The fraction of sp³-hybridized carbons (Fsp3) is 0.231. The van der Waals surface area contributed by atoms with Crippen LogP contribution in [0, 0.1) is 0 Å². The lowest BCUT2D eigenvalue weighted by molar-refractivity contribution is -0.117. The highest BCUT2D eigenvalue weighted by atomic mass is 19.3. The first-order valence-electron chi connectivity index (χ1n) is 5.94. The molecule has 6 nitrogen and oxygen atoms in total. The van der Waals surface area contributed by atoms with E-state index in [4.69, 9.17) is 0 Å². The average Bonchev–Trinajstić information content (AvgIpc) is 2.41. The first kappa shape index (κ1) is 14.8. The molecule has 0 aliphatic heterocycles. The Kier molecular flexibility index (Phi) is 4.36. The summed E-state index contributed by atoms with van der Waals surface area (Å²) in [5, 5.41) is 4.03. The van der Waals surface area contributed by atoms with E-state index < -0.39 is 12.2 Å². The fourth-order valence-electron chi connectivity index (χ4n) is 1.62. The predicted octanol–water partition coefficient (Wildman–Crippen LogP) is 1.50. The summed E-state index contributed by atoms with van der Waals surface area (Å²) < 4.78 is 29.2. The Balaban J connectivity index is 2.29. The molecule has 0 aromatic carbocycles. The number of carbonyl (C=O) groups is 1. The maximum Gasteiger partial charge on any atom is 0.388 e. The summed E-state index contributed by atoms with van der Waals surface area (Å²) >= 11 is 0. The van der Waals surface area contributed by atoms with Gasteiger partial charge in [0, 0.05) is 23.9 Å². The molecule has 0 aliphatic rings. The van der Waals surface area contributed by atoms with E-state index in [9.17, 15) is 18.4 Å². The Morgan fingerprint density at radius 2 is 2.10 bits per heavy atom. The maximum atomic E-state index is 12.0. The van der Waals surface area contributed by atoms with Crippen molar-refractivity contribution in [2.45, 2.75) is 20.1 Å². The molecule has 0 saturated heterocycles. The molecular formula is C13H11F2N3O3. The summed E-state index contributed by atoms with van der Waals surface area (Å²) in [5.41, 5.74) is 0.500. The molecular weight excluding hydrogens is 284 g/mol. The normalized spacial score (nSPS) is 10.7. The average molecular weight is 295 g/mol. The van der Waals surface area contributed by atoms with Gasteiger partial charge < -0.3 is 4.74 Å². The number of nitrogens with zero attached hydrogens (tertiary/aromatic N) is 3. The zero-order valence-corrected chi connectivity index (χ0v) is 11.0. The molecule has 0 atom stereocenters. The van der Waals surface area contributed by atoms with E-state index in [0.29, 0.717) is 11.3 Å². The van der Waals surface area contributed by atoms with Gasteiger partial charge in [-0.1, -0.05) is 0 Å². The van der Waals surface area contributed by atoms with Gasteiger partial charge in [0.05, 0.1) is 5.69 Å². The lowest BCUT2D eigenvalue weighted by Crippen LogP contribution is -2.25. The molecule has 0 unspecified atom stereocenters. The van der Waals surface area contributed by atoms with Gasteiger partial charge in [-0.05, 0) is 19.1 Å². The van der Waals surface area contributed by atoms with Crippen LogP contribution in [0.5, 0.6) is 5.88 Å². The summed E-state index contributed by atoms with van der Waals surface area (Å²) in [6.45, 7) is -1.73. The summed E-state index contributed by atoms with van der Waals surface area (Å²) in [5.74, 6) is -0.425. The largest absolute Gasteiger partial charge is 0.417 e. The Bertz CT molecular complexity index is 699. The fourth-order valence-corrected chi connectivity index (χ4v) is 1.62. The Morgan fingerprint density at radius 1 is 1.33 bits per heavy atom. The van der Waals surface area contributed by atoms with Gasteiger partial charge in [0.15, 0.2) is 5.78 Å². The van der Waals surface area contributed by atoms with E-state index in [1.165, 1.54) is 37.4 Å². The second-order valence-corrected chi connectivity index (χ2v) is 4.18. The van der Waals surface area contributed by atoms with E-state index in [1.54, 1.807) is 0 Å². The number of ketones is 1. The van der Waals surface area contributed by atoms with Gasteiger partial charge in [-0.3, -0.25) is 9.59 Å². The first-order valence-corrected chi connectivity index (χ1v) is 5.94. The SMILES string of the molecule is CC(=O)Cn1nc(-c2ccc(OC(F)F)nc2)ccc1=O. The van der Waals surface area contributed by atoms with Crippen LogP contribution in [0.2, 0.25) is 0 Å². The second-order valence-electron chi connectivity index (χ2n) is 4.18. The number of ether oxygens (including phenoxy) is 1. The highest BCUT2D eigenvalue weighted by molar-refractivity contribution is 5.75. The number of Topliss-reactive ketones (excluding diaryl/α,β-unsaturated/α-hetero) is 1. The molecule has 21 heavy (non-hydrogen) atoms. The summed E-state index contributed by atoms with van der Waals surface area (Å²) in [6, 6.07) is 5.48. The molecule has 2 aromatic rings. The molecule has 0 bridgehead atoms. The minimum Gasteiger partial charge on any atom is -0.417 e. The van der Waals surface area contributed by atoms with Crippen molar-refractivity contribution in [3.63, 3.8) is 0 Å². The molecule has 0 radical (unpaired) electrons. The van der Waals surface area contributed by atoms with Gasteiger partial charge in [-0.15, -0.1) is 0 Å². The van der Waals surface area contributed by atoms with E-state index in [2.05, 4.69) is 14.8 Å². The third-order valence-corrected chi connectivity index (χ3v) is 2.48. The molecule has 8 heteroatoms. The topological polar surface area (TPSA) is 74.1 Å². The number of aromatic nitrogens is 3. The summed E-state index contributed by atoms with van der Waals surface area (Å²) in [7, 11) is 0. The van der Waals surface area contributed by atoms with Crippen molar-refractivity contribution in [2.75, 3.05) is 0 Å². The van der Waals surface area contributed by atoms with Crippen LogP contribution < -0.4 is 10.3 Å². The minimum absolute atomic E-state index is 0.132. The zero-order valence-electron chi connectivity index (χ0n) is 11.0. The van der Waals surface area contributed by atoms with Crippen molar-refractivity contribution in [2.24, 2.45) is 0 Å². The molecule has 0 saturated carbocycles. The van der Waals surface area contributed by atoms with Gasteiger partial charge in [-0.25, -0.2) is 9.67 Å². The van der Waals surface area contributed by atoms with Gasteiger partial charge in [0.2, 0.25) is 5.88 Å². The second kappa shape index (κ2) is 6.21. The maximum absolute atomic E-state index is 12.0. The molecule has 2 rings (SSSR count). The third kappa shape index (κ3) is 3.91. The van der Waals surface area contributed by atoms with Crippen LogP contribution in [0.1, 0.15) is 6.92 Å². The van der Waals surface area contributed by atoms with E-state index in [-0.39, 0.29) is 18.2 Å². The number of hydrogen-bond acceptors (Lipinski definition) is 5. The highest BCUT2D eigenvalue weighted by Crippen LogP contribution is 2.18. The number of carbonyl (C=O) groups excluding carboxylic acids is 1. The lowest BCUT2D eigenvalue weighted by atomic mass is 10.2. The molecule has 0 N–H and O–H groups in total. The van der Waals surface area contributed by atoms with Crippen molar-refractivity contribution < 1.29 is 18.3 Å². The van der Waals surface area contributed by atoms with Crippen LogP contribution >= 0.6 is 0 Å². The van der Waals surface area contributed by atoms with Gasteiger partial charge >= 0.3 is 6.61 Å². The van der Waals surface area contributed by atoms with E-state index in [0.717, 1.165) is 4.68 Å². The van der Waals surface area contributed by atoms with Crippen molar-refractivity contribution >= 4 is 5.78 Å². The van der Waals surface area contributed by atoms with Crippen LogP contribution in [-0.4, -0.2) is 27.2 Å². The molecule has 0 fully saturated rings. The molecule has 2 heterocycles. The number of hydrogen-bond donors (Lipinski definition) is 0. The highest BCUT2D eigenvalue weighted by Gasteiger charge is 2.08. The molecule has 0 aliphatic carbocycles. The van der Waals surface area contributed by atoms with Crippen LogP contribution in [0.15, 0.2) is 35.3 Å². The zero-order chi connectivity index (χ0) is 15.4. The molecule has 0 amide bonds. The Labute approximate surface area is 118 Å². The minimum atomic E-state index is -2.95. The number of rotatable bonds is 5. The molecule has 110 valence electrons. The number of pyridine rings is 1. The van der Waals surface area contributed by atoms with Crippen LogP contribution in [0.3, 0.4) is 0 Å². The van der Waals surface area contributed by atoms with Crippen molar-refractivity contribution in [1.82, 2.24) is 14.8 Å². The quantitative estimate of drug-likeness (QED) is 0.835. The van der Waals surface area contributed by atoms with Gasteiger partial charge in [-0.2, -0.15) is 13.9 Å². The first-order chi connectivity index (χ1) is 9.95. The lowest BCUT2D eigenvalue weighted by Gasteiger charge is -2.06. The summed E-state index contributed by atoms with van der Waals surface area (Å²) in [6.07, 6.45) is 1.29. The third-order valence-electron chi connectivity index (χ3n) is 2.48. The Morgan fingerprint density at radius 3 is 2.67 bits per heavy atom. The monoisotopic (exact) mass is 295 g/mol. The standard InChI is InChI=1S/C13H11F2N3O3/c1-8(19)7-18-12(20)5-3-10(17-18)9-2-4-11(16-6-9)21-13(14)15/h2-6,13H,7H2,1H3. The Hall–Kier alpha value is -2.64. The molecule has 0 spiro atoms. The number of halogens is 2. The molecule has 2 aromatic heterocycles. The van der Waals surface area contributed by atoms with Crippen LogP contribution in [0.25, 0.3) is 11.3 Å². The van der Waals surface area contributed by atoms with E-state index in [1.807, 2.05) is 0 Å². The van der Waals surface area contributed by atoms with Crippen LogP contribution in [-0.2, 0) is 11.3 Å². The smallest absolute Gasteiger partial charge is 0.388 e. The van der Waals surface area contributed by atoms with Gasteiger partial charge in [0.25, 0.3) is 5.56 Å². The number of alkyl halides is 2. The summed E-state index contributed by atoms with van der Waals surface area (Å²) in [4.78, 5) is 26.3. The van der Waals surface area contributed by atoms with E-state index >= 15 is 0 Å². The van der Waals surface area contributed by atoms with Crippen molar-refractivity contribution in [3.05, 3.63) is 40.8 Å². The van der Waals surface area contributed by atoms with Gasteiger partial charge in [0.1, 0.15) is 6.54 Å². The van der Waals surface area contributed by atoms with Crippen molar-refractivity contribution in [3.8, 4) is 17.1 Å².